The van der Waals surface area contributed by atoms with Crippen LogP contribution in [0.4, 0.5) is 11.4 Å². The molecule has 0 aromatic heterocycles. The molecule has 0 spiro atoms. The van der Waals surface area contributed by atoms with Crippen molar-refractivity contribution >= 4 is 17.8 Å². The molecule has 1 rings (SSSR count). The van der Waals surface area contributed by atoms with Gasteiger partial charge < -0.3 is 5.32 Å². The van der Waals surface area contributed by atoms with E-state index in [-0.39, 0.29) is 5.69 Å². The predicted molar refractivity (Wildman–Crippen MR) is 42.4 cm³/mol. The Morgan fingerprint density at radius 3 is 2.83 bits per heavy atom. The molecule has 0 aliphatic rings. The first-order valence-corrected chi connectivity index (χ1v) is 3.11. The lowest BCUT2D eigenvalue weighted by atomic mass is 10.3. The van der Waals surface area contributed by atoms with Crippen LogP contribution < -0.4 is 5.32 Å². The van der Waals surface area contributed by atoms with Gasteiger partial charge in [-0.05, 0) is 6.07 Å². The highest BCUT2D eigenvalue weighted by molar-refractivity contribution is 5.72. The van der Waals surface area contributed by atoms with Gasteiger partial charge in [-0.2, -0.15) is 0 Å². The maximum absolute atomic E-state index is 10.2. The number of nitrogens with one attached hydrogen (secondary N) is 1. The average Bonchev–Trinajstić information content (AvgIpc) is 2.05. The average molecular weight is 165 g/mol. The molecule has 0 aliphatic carbocycles. The molecule has 0 heterocycles. The highest BCUT2D eigenvalue weighted by Crippen LogP contribution is 2.15. The molecule has 61 valence electrons. The third-order valence-corrected chi connectivity index (χ3v) is 1.25. The fourth-order valence-electron chi connectivity index (χ4n) is 0.756. The molecule has 1 N–H and O–H groups in total. The van der Waals surface area contributed by atoms with Crippen molar-refractivity contribution in [2.75, 3.05) is 5.32 Å². The predicted octanol–water partition coefficient (Wildman–Crippen LogP) is 1.07. The lowest BCUT2D eigenvalue weighted by Crippen LogP contribution is -1.94. The lowest BCUT2D eigenvalue weighted by molar-refractivity contribution is -0.384. The number of non-ortho nitro benzene ring substituents is 1. The Bertz CT molecular complexity index is 311. The number of rotatable bonds is 3. The van der Waals surface area contributed by atoms with Crippen LogP contribution in [0.1, 0.15) is 0 Å². The largest absolute Gasteiger partial charge is 0.318 e. The van der Waals surface area contributed by atoms with E-state index in [0.29, 0.717) is 5.69 Å². The van der Waals surface area contributed by atoms with Crippen LogP contribution in [0.3, 0.4) is 0 Å². The molecule has 0 saturated carbocycles. The molecule has 1 aromatic rings. The number of nitrogens with zero attached hydrogens (tertiary/aromatic N) is 1. The van der Waals surface area contributed by atoms with Gasteiger partial charge in [0.05, 0.1) is 4.92 Å². The van der Waals surface area contributed by atoms with Gasteiger partial charge in [0.15, 0.2) is 0 Å². The third-order valence-electron chi connectivity index (χ3n) is 1.25. The second kappa shape index (κ2) is 3.47. The van der Waals surface area contributed by atoms with Crippen LogP contribution in [0.15, 0.2) is 24.3 Å². The summed E-state index contributed by atoms with van der Waals surface area (Å²) in [6, 6.07) is 5.62. The summed E-state index contributed by atoms with van der Waals surface area (Å²) in [4.78, 5) is 19.6. The summed E-state index contributed by atoms with van der Waals surface area (Å²) in [6.07, 6.45) is 1.43. The molecule has 1 amide bonds. The Hall–Kier alpha value is -1.91. The Kier molecular flexibility index (Phi) is 2.37. The van der Waals surface area contributed by atoms with Crippen LogP contribution in [0, 0.1) is 10.1 Å². The van der Waals surface area contributed by atoms with Crippen LogP contribution >= 0.6 is 0 Å². The van der Waals surface area contributed by atoms with E-state index < -0.39 is 4.92 Å². The molecular weight excluding hydrogens is 160 g/mol. The van der Waals surface area contributed by atoms with Gasteiger partial charge >= 0.3 is 6.41 Å². The first-order chi connectivity index (χ1) is 5.74. The Morgan fingerprint density at radius 2 is 2.25 bits per heavy atom. The van der Waals surface area contributed by atoms with Gasteiger partial charge in [0, 0.05) is 17.8 Å². The molecule has 0 bridgehead atoms. The minimum atomic E-state index is -0.532. The molecule has 1 radical (unpaired) electrons. The zero-order valence-corrected chi connectivity index (χ0v) is 5.98. The van der Waals surface area contributed by atoms with Crippen molar-refractivity contribution in [1.82, 2.24) is 0 Å². The molecule has 5 heteroatoms. The van der Waals surface area contributed by atoms with E-state index in [2.05, 4.69) is 5.32 Å². The quantitative estimate of drug-likeness (QED) is 0.413. The first kappa shape index (κ1) is 8.19. The van der Waals surface area contributed by atoms with Crippen LogP contribution in [0.25, 0.3) is 0 Å². The maximum atomic E-state index is 10.2. The van der Waals surface area contributed by atoms with Crippen LogP contribution in [-0.4, -0.2) is 11.3 Å². The molecule has 0 unspecified atom stereocenters. The summed E-state index contributed by atoms with van der Waals surface area (Å²) in [7, 11) is 0. The SMILES string of the molecule is O=[C]Nc1cccc([N+](=O)[O-])c1. The van der Waals surface area contributed by atoms with Crippen molar-refractivity contribution in [3.8, 4) is 0 Å². The summed E-state index contributed by atoms with van der Waals surface area (Å²) in [5.41, 5.74) is 0.300. The molecule has 0 aliphatic heterocycles. The van der Waals surface area contributed by atoms with E-state index >= 15 is 0 Å². The summed E-state index contributed by atoms with van der Waals surface area (Å²) >= 11 is 0. The van der Waals surface area contributed by atoms with Gasteiger partial charge in [0.25, 0.3) is 5.69 Å². The maximum Gasteiger partial charge on any atom is 0.314 e. The highest BCUT2D eigenvalue weighted by Gasteiger charge is 2.04. The lowest BCUT2D eigenvalue weighted by Gasteiger charge is -1.95. The van der Waals surface area contributed by atoms with E-state index in [9.17, 15) is 14.9 Å². The normalized spacial score (nSPS) is 9.00. The first-order valence-electron chi connectivity index (χ1n) is 3.11. The molecule has 0 atom stereocenters. The van der Waals surface area contributed by atoms with Crippen LogP contribution in [-0.2, 0) is 4.79 Å². The number of hydrogen-bond acceptors (Lipinski definition) is 3. The smallest absolute Gasteiger partial charge is 0.314 e. The molecule has 0 saturated heterocycles. The van der Waals surface area contributed by atoms with Crippen molar-refractivity contribution in [2.24, 2.45) is 0 Å². The highest BCUT2D eigenvalue weighted by atomic mass is 16.6. The van der Waals surface area contributed by atoms with Crippen LogP contribution in [0.2, 0.25) is 0 Å². The summed E-state index contributed by atoms with van der Waals surface area (Å²) < 4.78 is 0. The molecular formula is C7H5N2O3. The van der Waals surface area contributed by atoms with Crippen molar-refractivity contribution in [1.29, 1.82) is 0 Å². The molecule has 1 aromatic carbocycles. The van der Waals surface area contributed by atoms with Crippen molar-refractivity contribution in [2.45, 2.75) is 0 Å². The van der Waals surface area contributed by atoms with Gasteiger partial charge in [0.1, 0.15) is 0 Å². The van der Waals surface area contributed by atoms with Gasteiger partial charge in [-0.15, -0.1) is 0 Å². The fraction of sp³-hybridized carbons (Fsp3) is 0. The van der Waals surface area contributed by atoms with E-state index in [0.717, 1.165) is 0 Å². The van der Waals surface area contributed by atoms with Gasteiger partial charge in [-0.3, -0.25) is 14.9 Å². The summed E-state index contributed by atoms with van der Waals surface area (Å²) in [5.74, 6) is 0. The second-order valence-electron chi connectivity index (χ2n) is 2.03. The molecule has 12 heavy (non-hydrogen) atoms. The minimum absolute atomic E-state index is 0.0600. The number of amides is 1. The third kappa shape index (κ3) is 1.79. The van der Waals surface area contributed by atoms with E-state index in [4.69, 9.17) is 0 Å². The summed E-state index contributed by atoms with van der Waals surface area (Å²) in [5, 5.41) is 12.4. The Labute approximate surface area is 68.2 Å². The van der Waals surface area contributed by atoms with Gasteiger partial charge in [0.2, 0.25) is 0 Å². The standard InChI is InChI=1S/C7H5N2O3/c10-5-8-6-2-1-3-7(4-6)9(11)12/h1-4H,(H,8,10). The fourth-order valence-corrected chi connectivity index (χ4v) is 0.756. The van der Waals surface area contributed by atoms with E-state index in [1.165, 1.54) is 30.7 Å². The topological polar surface area (TPSA) is 72.2 Å². The van der Waals surface area contributed by atoms with Gasteiger partial charge in [-0.1, -0.05) is 6.07 Å². The van der Waals surface area contributed by atoms with Crippen LogP contribution in [0.5, 0.6) is 0 Å². The second-order valence-corrected chi connectivity index (χ2v) is 2.03. The number of nitro groups is 1. The number of anilines is 1. The number of benzene rings is 1. The van der Waals surface area contributed by atoms with E-state index in [1.807, 2.05) is 0 Å². The monoisotopic (exact) mass is 165 g/mol. The van der Waals surface area contributed by atoms with Crippen molar-refractivity contribution in [3.05, 3.63) is 34.4 Å². The minimum Gasteiger partial charge on any atom is -0.318 e. The molecule has 0 fully saturated rings. The van der Waals surface area contributed by atoms with Gasteiger partial charge in [-0.25, -0.2) is 0 Å². The number of nitro benzene ring substituents is 1. The Morgan fingerprint density at radius 1 is 1.50 bits per heavy atom. The van der Waals surface area contributed by atoms with E-state index in [1.54, 1.807) is 0 Å². The zero-order valence-electron chi connectivity index (χ0n) is 5.98. The number of hydrogen-bond donors (Lipinski definition) is 1. The number of carbonyl (C=O) groups excluding carboxylic acids is 1. The van der Waals surface area contributed by atoms with Crippen molar-refractivity contribution in [3.63, 3.8) is 0 Å². The Balaban J connectivity index is 2.95. The van der Waals surface area contributed by atoms with Crippen molar-refractivity contribution < 1.29 is 9.72 Å². The molecule has 5 nitrogen and oxygen atoms in total. The zero-order chi connectivity index (χ0) is 8.97. The summed E-state index contributed by atoms with van der Waals surface area (Å²) in [6.45, 7) is 0.